The lowest BCUT2D eigenvalue weighted by atomic mass is 9.83. The standard InChI is InChI=1S/C35H36N4O2S/c1-37(2)27-15-9-23(10-16-27)21-26-7-6-8-30-32(26)36-35-39(33(30)25-13-17-28(18-14-25)38(3)4)34(40)31(42-35)22-24-11-19-29(41-5)20-12-24/h9-22,33H,6-8H2,1-5H3/b26-21+,31-22+/t33-/m0/s1. The van der Waals surface area contributed by atoms with Gasteiger partial charge in [0.15, 0.2) is 4.80 Å². The zero-order valence-corrected chi connectivity index (χ0v) is 25.6. The van der Waals surface area contributed by atoms with Crippen molar-refractivity contribution in [2.24, 2.45) is 4.99 Å². The van der Waals surface area contributed by atoms with E-state index in [1.165, 1.54) is 28.2 Å². The Labute approximate surface area is 250 Å². The summed E-state index contributed by atoms with van der Waals surface area (Å²) in [5.41, 5.74) is 9.02. The van der Waals surface area contributed by atoms with Crippen molar-refractivity contribution in [1.29, 1.82) is 0 Å². The van der Waals surface area contributed by atoms with Gasteiger partial charge in [0.1, 0.15) is 5.75 Å². The lowest BCUT2D eigenvalue weighted by molar-refractivity contribution is 0.415. The van der Waals surface area contributed by atoms with Crippen molar-refractivity contribution in [3.63, 3.8) is 0 Å². The molecule has 7 heteroatoms. The Balaban J connectivity index is 1.52. The Kier molecular flexibility index (Phi) is 7.60. The van der Waals surface area contributed by atoms with Crippen LogP contribution in [-0.2, 0) is 0 Å². The first-order chi connectivity index (χ1) is 20.3. The third kappa shape index (κ3) is 5.32. The summed E-state index contributed by atoms with van der Waals surface area (Å²) in [5.74, 6) is 0.790. The van der Waals surface area contributed by atoms with E-state index in [2.05, 4.69) is 78.5 Å². The van der Waals surface area contributed by atoms with Gasteiger partial charge in [-0.15, -0.1) is 0 Å². The highest BCUT2D eigenvalue weighted by atomic mass is 32.1. The number of allylic oxidation sites excluding steroid dienone is 2. The molecule has 0 saturated carbocycles. The predicted octanol–water partition coefficient (Wildman–Crippen LogP) is 5.62. The maximum Gasteiger partial charge on any atom is 0.271 e. The molecule has 0 spiro atoms. The minimum Gasteiger partial charge on any atom is -0.497 e. The van der Waals surface area contributed by atoms with E-state index in [4.69, 9.17) is 9.73 Å². The number of nitrogens with zero attached hydrogens (tertiary/aromatic N) is 4. The molecule has 1 atom stereocenters. The van der Waals surface area contributed by atoms with Gasteiger partial charge in [0, 0.05) is 39.6 Å². The molecule has 0 saturated heterocycles. The SMILES string of the molecule is COc1ccc(/C=c2/sc3n(c2=O)[C@@H](c2ccc(N(C)C)cc2)C2=C(N=3)/C(=C/c3ccc(N(C)C)cc3)CCC2)cc1. The molecule has 0 radical (unpaired) electrons. The molecule has 0 unspecified atom stereocenters. The molecule has 0 amide bonds. The van der Waals surface area contributed by atoms with Crippen molar-refractivity contribution < 1.29 is 4.74 Å². The van der Waals surface area contributed by atoms with Crippen molar-refractivity contribution in [3.8, 4) is 5.75 Å². The van der Waals surface area contributed by atoms with E-state index in [-0.39, 0.29) is 11.6 Å². The van der Waals surface area contributed by atoms with Crippen LogP contribution >= 0.6 is 11.3 Å². The molecular weight excluding hydrogens is 540 g/mol. The molecule has 2 aliphatic rings. The van der Waals surface area contributed by atoms with E-state index >= 15 is 0 Å². The fraction of sp³-hybridized carbons (Fsp3) is 0.257. The smallest absolute Gasteiger partial charge is 0.271 e. The number of hydrogen-bond acceptors (Lipinski definition) is 6. The Morgan fingerprint density at radius 1 is 0.833 bits per heavy atom. The summed E-state index contributed by atoms with van der Waals surface area (Å²) in [6.45, 7) is 0. The lowest BCUT2D eigenvalue weighted by Gasteiger charge is -2.31. The Morgan fingerprint density at radius 2 is 1.43 bits per heavy atom. The summed E-state index contributed by atoms with van der Waals surface area (Å²) >= 11 is 1.46. The van der Waals surface area contributed by atoms with Crippen LogP contribution in [0.25, 0.3) is 12.2 Å². The highest BCUT2D eigenvalue weighted by molar-refractivity contribution is 7.07. The molecule has 0 bridgehead atoms. The summed E-state index contributed by atoms with van der Waals surface area (Å²) in [6.07, 6.45) is 7.14. The van der Waals surface area contributed by atoms with Crippen molar-refractivity contribution in [2.75, 3.05) is 45.1 Å². The van der Waals surface area contributed by atoms with Gasteiger partial charge in [-0.05, 0) is 95.6 Å². The second kappa shape index (κ2) is 11.5. The van der Waals surface area contributed by atoms with E-state index in [0.717, 1.165) is 57.9 Å². The van der Waals surface area contributed by atoms with E-state index in [1.807, 2.05) is 49.0 Å². The number of rotatable bonds is 6. The number of methoxy groups -OCH3 is 1. The molecule has 4 aromatic rings. The molecule has 1 aliphatic carbocycles. The fourth-order valence-electron chi connectivity index (χ4n) is 5.73. The highest BCUT2D eigenvalue weighted by Gasteiger charge is 2.32. The van der Waals surface area contributed by atoms with E-state index in [0.29, 0.717) is 4.53 Å². The second-order valence-electron chi connectivity index (χ2n) is 11.2. The Hall–Kier alpha value is -4.36. The van der Waals surface area contributed by atoms with Crippen LogP contribution in [0.1, 0.15) is 42.0 Å². The van der Waals surface area contributed by atoms with Gasteiger partial charge in [0.2, 0.25) is 0 Å². The third-order valence-corrected chi connectivity index (χ3v) is 9.01. The minimum absolute atomic E-state index is 0.00168. The van der Waals surface area contributed by atoms with Crippen LogP contribution in [0, 0.1) is 0 Å². The minimum atomic E-state index is -0.190. The first-order valence-corrected chi connectivity index (χ1v) is 15.1. The van der Waals surface area contributed by atoms with E-state index < -0.39 is 0 Å². The van der Waals surface area contributed by atoms with Crippen LogP contribution in [0.2, 0.25) is 0 Å². The molecule has 0 N–H and O–H groups in total. The number of ether oxygens (including phenoxy) is 1. The molecule has 1 aromatic heterocycles. The van der Waals surface area contributed by atoms with Gasteiger partial charge in [0.25, 0.3) is 5.56 Å². The van der Waals surface area contributed by atoms with Gasteiger partial charge >= 0.3 is 0 Å². The van der Waals surface area contributed by atoms with Gasteiger partial charge in [-0.2, -0.15) is 0 Å². The zero-order valence-electron chi connectivity index (χ0n) is 24.8. The van der Waals surface area contributed by atoms with Gasteiger partial charge in [-0.25, -0.2) is 4.99 Å². The molecule has 2 heterocycles. The number of anilines is 2. The topological polar surface area (TPSA) is 50.1 Å². The molecule has 1 aliphatic heterocycles. The van der Waals surface area contributed by atoms with E-state index in [9.17, 15) is 4.79 Å². The van der Waals surface area contributed by atoms with Crippen molar-refractivity contribution >= 4 is 34.9 Å². The van der Waals surface area contributed by atoms with Crippen LogP contribution in [-0.4, -0.2) is 39.9 Å². The monoisotopic (exact) mass is 576 g/mol. The zero-order chi connectivity index (χ0) is 29.4. The second-order valence-corrected chi connectivity index (χ2v) is 12.2. The predicted molar refractivity (Wildman–Crippen MR) is 174 cm³/mol. The van der Waals surface area contributed by atoms with Crippen molar-refractivity contribution in [1.82, 2.24) is 4.57 Å². The fourth-order valence-corrected chi connectivity index (χ4v) is 6.73. The third-order valence-electron chi connectivity index (χ3n) is 8.02. The van der Waals surface area contributed by atoms with E-state index in [1.54, 1.807) is 7.11 Å². The number of hydrogen-bond donors (Lipinski definition) is 0. The number of aromatic nitrogens is 1. The van der Waals surface area contributed by atoms with Crippen LogP contribution in [0.5, 0.6) is 5.75 Å². The van der Waals surface area contributed by atoms with Gasteiger partial charge in [0.05, 0.1) is 23.4 Å². The number of fused-ring (bicyclic) bond motifs is 1. The molecular formula is C35H36N4O2S. The Morgan fingerprint density at radius 3 is 2.05 bits per heavy atom. The lowest BCUT2D eigenvalue weighted by Crippen LogP contribution is -2.39. The molecule has 6 nitrogen and oxygen atoms in total. The first-order valence-electron chi connectivity index (χ1n) is 14.3. The summed E-state index contributed by atoms with van der Waals surface area (Å²) < 4.78 is 7.90. The first kappa shape index (κ1) is 27.8. The van der Waals surface area contributed by atoms with Crippen molar-refractivity contribution in [3.05, 3.63) is 126 Å². The molecule has 42 heavy (non-hydrogen) atoms. The van der Waals surface area contributed by atoms with Gasteiger partial charge in [-0.1, -0.05) is 47.7 Å². The van der Waals surface area contributed by atoms with Gasteiger partial charge in [-0.3, -0.25) is 9.36 Å². The van der Waals surface area contributed by atoms with Crippen LogP contribution in [0.4, 0.5) is 11.4 Å². The average molecular weight is 577 g/mol. The largest absolute Gasteiger partial charge is 0.497 e. The van der Waals surface area contributed by atoms with Crippen LogP contribution in [0.15, 0.2) is 99.4 Å². The quantitative estimate of drug-likeness (QED) is 0.299. The van der Waals surface area contributed by atoms with Crippen molar-refractivity contribution in [2.45, 2.75) is 25.3 Å². The van der Waals surface area contributed by atoms with Crippen LogP contribution < -0.4 is 29.4 Å². The molecule has 0 fully saturated rings. The number of thiazole rings is 1. The average Bonchev–Trinajstić information content (AvgIpc) is 3.31. The molecule has 6 rings (SSSR count). The maximum atomic E-state index is 14.0. The molecule has 214 valence electrons. The summed E-state index contributed by atoms with van der Waals surface area (Å²) in [5, 5.41) is 0. The highest BCUT2D eigenvalue weighted by Crippen LogP contribution is 2.41. The number of benzene rings is 3. The summed E-state index contributed by atoms with van der Waals surface area (Å²) in [7, 11) is 9.85. The maximum absolute atomic E-state index is 14.0. The molecule has 3 aromatic carbocycles. The summed E-state index contributed by atoms with van der Waals surface area (Å²) in [6, 6.07) is 24.8. The van der Waals surface area contributed by atoms with Gasteiger partial charge < -0.3 is 14.5 Å². The normalized spacial score (nSPS) is 17.5. The summed E-state index contributed by atoms with van der Waals surface area (Å²) in [4.78, 5) is 24.2. The Bertz CT molecular complexity index is 1840. The van der Waals surface area contributed by atoms with Crippen LogP contribution in [0.3, 0.4) is 0 Å².